The first-order valence-corrected chi connectivity index (χ1v) is 4.49. The summed E-state index contributed by atoms with van der Waals surface area (Å²) in [7, 11) is 0. The van der Waals surface area contributed by atoms with Gasteiger partial charge in [0, 0.05) is 6.07 Å². The van der Waals surface area contributed by atoms with Crippen LogP contribution in [0.3, 0.4) is 0 Å². The van der Waals surface area contributed by atoms with Crippen LogP contribution in [0.25, 0.3) is 0 Å². The predicted octanol–water partition coefficient (Wildman–Crippen LogP) is 2.13. The van der Waals surface area contributed by atoms with Crippen molar-refractivity contribution >= 4 is 23.4 Å². The van der Waals surface area contributed by atoms with Crippen molar-refractivity contribution in [3.8, 4) is 0 Å². The molecular formula is C9H7ClN2O3. The van der Waals surface area contributed by atoms with Gasteiger partial charge in [-0.25, -0.2) is 9.79 Å². The van der Waals surface area contributed by atoms with Gasteiger partial charge in [-0.1, -0.05) is 17.7 Å². The second kappa shape index (κ2) is 5.24. The van der Waals surface area contributed by atoms with Crippen molar-refractivity contribution in [3.05, 3.63) is 38.9 Å². The molecule has 0 aromatic heterocycles. The van der Waals surface area contributed by atoms with Gasteiger partial charge in [-0.15, -0.1) is 0 Å². The molecule has 0 amide bonds. The second-order valence-corrected chi connectivity index (χ2v) is 3.17. The number of nitro benzene ring substituents is 1. The molecule has 0 saturated heterocycles. The molecule has 5 nitrogen and oxygen atoms in total. The van der Waals surface area contributed by atoms with Crippen LogP contribution in [0.15, 0.2) is 23.2 Å². The Labute approximate surface area is 90.5 Å². The van der Waals surface area contributed by atoms with Gasteiger partial charge in [0.15, 0.2) is 0 Å². The van der Waals surface area contributed by atoms with Crippen molar-refractivity contribution < 1.29 is 9.72 Å². The van der Waals surface area contributed by atoms with Crippen LogP contribution in [-0.2, 0) is 11.2 Å². The number of nitro groups is 1. The predicted molar refractivity (Wildman–Crippen MR) is 54.8 cm³/mol. The van der Waals surface area contributed by atoms with E-state index in [-0.39, 0.29) is 10.7 Å². The number of rotatable bonds is 4. The number of hydrogen-bond donors (Lipinski definition) is 0. The minimum atomic E-state index is -0.546. The monoisotopic (exact) mass is 226 g/mol. The highest BCUT2D eigenvalue weighted by molar-refractivity contribution is 6.32. The zero-order valence-electron chi connectivity index (χ0n) is 7.64. The molecule has 0 spiro atoms. The highest BCUT2D eigenvalue weighted by Gasteiger charge is 2.11. The maximum absolute atomic E-state index is 10.4. The molecule has 0 radical (unpaired) electrons. The van der Waals surface area contributed by atoms with Gasteiger partial charge >= 0.3 is 0 Å². The van der Waals surface area contributed by atoms with Gasteiger partial charge in [0.05, 0.1) is 11.5 Å². The van der Waals surface area contributed by atoms with Gasteiger partial charge in [0.1, 0.15) is 5.02 Å². The van der Waals surface area contributed by atoms with Crippen LogP contribution in [0, 0.1) is 10.1 Å². The van der Waals surface area contributed by atoms with Crippen molar-refractivity contribution in [3.63, 3.8) is 0 Å². The highest BCUT2D eigenvalue weighted by Crippen LogP contribution is 2.24. The summed E-state index contributed by atoms with van der Waals surface area (Å²) >= 11 is 5.69. The quantitative estimate of drug-likeness (QED) is 0.342. The van der Waals surface area contributed by atoms with Crippen molar-refractivity contribution in [2.45, 2.75) is 6.42 Å². The third-order valence-corrected chi connectivity index (χ3v) is 2.09. The topological polar surface area (TPSA) is 72.6 Å². The lowest BCUT2D eigenvalue weighted by molar-refractivity contribution is -0.384. The van der Waals surface area contributed by atoms with Gasteiger partial charge in [0.25, 0.3) is 5.69 Å². The standard InChI is InChI=1S/C9H7ClN2O3/c10-8-5-7(3-4-11-6-13)1-2-9(8)12(14)15/h1-2,5H,3-4H2. The number of benzene rings is 1. The lowest BCUT2D eigenvalue weighted by Gasteiger charge is -1.99. The molecule has 6 heteroatoms. The molecule has 0 bridgehead atoms. The maximum Gasteiger partial charge on any atom is 0.287 e. The van der Waals surface area contributed by atoms with Gasteiger partial charge in [-0.05, 0) is 18.1 Å². The Morgan fingerprint density at radius 3 is 2.80 bits per heavy atom. The SMILES string of the molecule is O=C=NCCc1ccc([N+](=O)[O-])c(Cl)c1. The Morgan fingerprint density at radius 1 is 1.53 bits per heavy atom. The van der Waals surface area contributed by atoms with Crippen molar-refractivity contribution in [2.75, 3.05) is 6.54 Å². The molecular weight excluding hydrogens is 220 g/mol. The van der Waals surface area contributed by atoms with Crippen LogP contribution in [-0.4, -0.2) is 17.5 Å². The Balaban J connectivity index is 2.82. The number of carbonyl (C=O) groups excluding carboxylic acids is 1. The van der Waals surface area contributed by atoms with E-state index in [0.29, 0.717) is 13.0 Å². The van der Waals surface area contributed by atoms with Crippen LogP contribution in [0.4, 0.5) is 5.69 Å². The van der Waals surface area contributed by atoms with Crippen LogP contribution < -0.4 is 0 Å². The van der Waals surface area contributed by atoms with E-state index < -0.39 is 4.92 Å². The third kappa shape index (κ3) is 3.16. The zero-order valence-corrected chi connectivity index (χ0v) is 8.40. The number of isocyanates is 1. The summed E-state index contributed by atoms with van der Waals surface area (Å²) in [5.74, 6) is 0. The van der Waals surface area contributed by atoms with E-state index >= 15 is 0 Å². The van der Waals surface area contributed by atoms with Crippen LogP contribution in [0.2, 0.25) is 5.02 Å². The summed E-state index contributed by atoms with van der Waals surface area (Å²) in [6, 6.07) is 4.42. The number of aliphatic imine (C=N–C) groups is 1. The Bertz CT molecular complexity index is 427. The molecule has 0 unspecified atom stereocenters. The van der Waals surface area contributed by atoms with Crippen LogP contribution >= 0.6 is 11.6 Å². The Kier molecular flexibility index (Phi) is 3.97. The second-order valence-electron chi connectivity index (χ2n) is 2.77. The molecule has 0 aliphatic rings. The first kappa shape index (κ1) is 11.4. The van der Waals surface area contributed by atoms with Crippen LogP contribution in [0.1, 0.15) is 5.56 Å². The molecule has 1 aromatic rings. The normalized spacial score (nSPS) is 9.40. The number of nitrogens with zero attached hydrogens (tertiary/aromatic N) is 2. The lowest BCUT2D eigenvalue weighted by atomic mass is 10.1. The van der Waals surface area contributed by atoms with E-state index in [1.165, 1.54) is 18.2 Å². The van der Waals surface area contributed by atoms with Crippen molar-refractivity contribution in [2.24, 2.45) is 4.99 Å². The fourth-order valence-electron chi connectivity index (χ4n) is 1.08. The molecule has 0 aliphatic heterocycles. The Hall–Kier alpha value is -1.71. The highest BCUT2D eigenvalue weighted by atomic mass is 35.5. The van der Waals surface area contributed by atoms with E-state index in [1.54, 1.807) is 6.07 Å². The lowest BCUT2D eigenvalue weighted by Crippen LogP contribution is -1.93. The summed E-state index contributed by atoms with van der Waals surface area (Å²) in [5, 5.41) is 10.5. The first-order valence-electron chi connectivity index (χ1n) is 4.11. The summed E-state index contributed by atoms with van der Waals surface area (Å²) in [6.07, 6.45) is 1.92. The Morgan fingerprint density at radius 2 is 2.27 bits per heavy atom. The van der Waals surface area contributed by atoms with E-state index in [0.717, 1.165) is 5.56 Å². The summed E-state index contributed by atoms with van der Waals surface area (Å²) in [6.45, 7) is 0.303. The number of hydrogen-bond acceptors (Lipinski definition) is 4. The van der Waals surface area contributed by atoms with Crippen LogP contribution in [0.5, 0.6) is 0 Å². The zero-order chi connectivity index (χ0) is 11.3. The first-order chi connectivity index (χ1) is 7.15. The third-order valence-electron chi connectivity index (χ3n) is 1.79. The van der Waals surface area contributed by atoms with E-state index in [9.17, 15) is 14.9 Å². The average molecular weight is 227 g/mol. The summed E-state index contributed by atoms with van der Waals surface area (Å²) in [4.78, 5) is 23.1. The molecule has 0 N–H and O–H groups in total. The average Bonchev–Trinajstić information content (AvgIpc) is 2.17. The van der Waals surface area contributed by atoms with Gasteiger partial charge in [-0.3, -0.25) is 10.1 Å². The fraction of sp³-hybridized carbons (Fsp3) is 0.222. The largest absolute Gasteiger partial charge is 0.287 e. The molecule has 0 heterocycles. The van der Waals surface area contributed by atoms with E-state index in [1.807, 2.05) is 0 Å². The smallest absolute Gasteiger partial charge is 0.258 e. The molecule has 78 valence electrons. The summed E-state index contributed by atoms with van der Waals surface area (Å²) in [5.41, 5.74) is 0.670. The molecule has 0 saturated carbocycles. The van der Waals surface area contributed by atoms with Crippen molar-refractivity contribution in [1.82, 2.24) is 0 Å². The molecule has 1 aromatic carbocycles. The van der Waals surface area contributed by atoms with Gasteiger partial charge < -0.3 is 0 Å². The van der Waals surface area contributed by atoms with Gasteiger partial charge in [0.2, 0.25) is 6.08 Å². The molecule has 1 rings (SSSR count). The minimum absolute atomic E-state index is 0.0904. The maximum atomic E-state index is 10.4. The molecule has 0 atom stereocenters. The summed E-state index contributed by atoms with van der Waals surface area (Å²) < 4.78 is 0. The molecule has 15 heavy (non-hydrogen) atoms. The minimum Gasteiger partial charge on any atom is -0.258 e. The molecule has 0 aliphatic carbocycles. The van der Waals surface area contributed by atoms with Gasteiger partial charge in [-0.2, -0.15) is 0 Å². The van der Waals surface area contributed by atoms with Crippen molar-refractivity contribution in [1.29, 1.82) is 0 Å². The number of halogens is 1. The molecule has 0 fully saturated rings. The van der Waals surface area contributed by atoms with E-state index in [2.05, 4.69) is 4.99 Å². The van der Waals surface area contributed by atoms with E-state index in [4.69, 9.17) is 11.6 Å². The fourth-order valence-corrected chi connectivity index (χ4v) is 1.36.